The Hall–Kier alpha value is -4.40. The molecular formula is C26H26N4O5. The number of aromatic nitrogens is 3. The van der Waals surface area contributed by atoms with Crippen LogP contribution in [0.1, 0.15) is 24.2 Å². The quantitative estimate of drug-likeness (QED) is 0.379. The summed E-state index contributed by atoms with van der Waals surface area (Å²) in [5, 5.41) is 7.62. The van der Waals surface area contributed by atoms with Crippen molar-refractivity contribution in [3.8, 4) is 22.8 Å². The first kappa shape index (κ1) is 23.7. The van der Waals surface area contributed by atoms with Crippen LogP contribution in [0.3, 0.4) is 0 Å². The van der Waals surface area contributed by atoms with Crippen LogP contribution in [-0.2, 0) is 16.1 Å². The van der Waals surface area contributed by atoms with Crippen LogP contribution >= 0.6 is 0 Å². The summed E-state index contributed by atoms with van der Waals surface area (Å²) in [4.78, 5) is 30.8. The number of ether oxygens (including phenoxy) is 3. The fourth-order valence-corrected chi connectivity index (χ4v) is 3.63. The van der Waals surface area contributed by atoms with Crippen LogP contribution in [-0.4, -0.2) is 47.0 Å². The molecule has 0 aliphatic carbocycles. The molecule has 4 aromatic rings. The second kappa shape index (κ2) is 10.3. The minimum Gasteiger partial charge on any atom is -0.497 e. The molecule has 2 aromatic carbocycles. The monoisotopic (exact) mass is 474 g/mol. The number of hydrogen-bond acceptors (Lipinski definition) is 7. The van der Waals surface area contributed by atoms with Crippen molar-refractivity contribution in [1.82, 2.24) is 14.8 Å². The molecule has 0 saturated carbocycles. The minimum atomic E-state index is -1.08. The van der Waals surface area contributed by atoms with Crippen molar-refractivity contribution in [1.29, 1.82) is 0 Å². The second-order valence-electron chi connectivity index (χ2n) is 7.72. The van der Waals surface area contributed by atoms with Gasteiger partial charge in [0.2, 0.25) is 0 Å². The molecule has 35 heavy (non-hydrogen) atoms. The molecule has 0 radical (unpaired) electrons. The SMILES string of the molecule is CCn1ncc2c(C(=O)OC(C)C(=O)Nc3cc(OC)ccc3OC)cc(-c3ccccc3)nc21. The third-order valence-corrected chi connectivity index (χ3v) is 5.52. The fourth-order valence-electron chi connectivity index (χ4n) is 3.63. The van der Waals surface area contributed by atoms with E-state index < -0.39 is 18.0 Å². The molecule has 0 bridgehead atoms. The summed E-state index contributed by atoms with van der Waals surface area (Å²) in [6, 6.07) is 16.2. The number of nitrogens with one attached hydrogen (secondary N) is 1. The molecule has 1 N–H and O–H groups in total. The Balaban J connectivity index is 1.61. The van der Waals surface area contributed by atoms with E-state index in [2.05, 4.69) is 10.4 Å². The summed E-state index contributed by atoms with van der Waals surface area (Å²) in [5.74, 6) is -0.160. The number of carbonyl (C=O) groups excluding carboxylic acids is 2. The summed E-state index contributed by atoms with van der Waals surface area (Å²) in [5.41, 5.74) is 2.72. The maximum Gasteiger partial charge on any atom is 0.339 e. The number of amides is 1. The maximum absolute atomic E-state index is 13.2. The van der Waals surface area contributed by atoms with Gasteiger partial charge in [-0.2, -0.15) is 5.10 Å². The van der Waals surface area contributed by atoms with Crippen LogP contribution in [0, 0.1) is 0 Å². The van der Waals surface area contributed by atoms with Crippen LogP contribution < -0.4 is 14.8 Å². The molecule has 1 amide bonds. The Morgan fingerprint density at radius 2 is 1.83 bits per heavy atom. The number of pyridine rings is 1. The van der Waals surface area contributed by atoms with Gasteiger partial charge in [0.25, 0.3) is 5.91 Å². The van der Waals surface area contributed by atoms with E-state index in [1.165, 1.54) is 21.1 Å². The van der Waals surface area contributed by atoms with Crippen LogP contribution in [0.25, 0.3) is 22.3 Å². The molecule has 0 saturated heterocycles. The summed E-state index contributed by atoms with van der Waals surface area (Å²) in [6.45, 7) is 4.04. The Morgan fingerprint density at radius 1 is 1.06 bits per heavy atom. The summed E-state index contributed by atoms with van der Waals surface area (Å²) >= 11 is 0. The summed E-state index contributed by atoms with van der Waals surface area (Å²) in [7, 11) is 3.02. The van der Waals surface area contributed by atoms with Gasteiger partial charge in [0.05, 0.1) is 42.7 Å². The lowest BCUT2D eigenvalue weighted by atomic mass is 10.1. The number of anilines is 1. The van der Waals surface area contributed by atoms with Crippen LogP contribution in [0.4, 0.5) is 5.69 Å². The molecule has 0 spiro atoms. The normalized spacial score (nSPS) is 11.7. The average Bonchev–Trinajstić information content (AvgIpc) is 3.31. The van der Waals surface area contributed by atoms with Crippen molar-refractivity contribution < 1.29 is 23.8 Å². The van der Waals surface area contributed by atoms with Gasteiger partial charge in [-0.05, 0) is 32.0 Å². The molecule has 0 aliphatic heterocycles. The molecule has 0 fully saturated rings. The first-order chi connectivity index (χ1) is 16.9. The topological polar surface area (TPSA) is 105 Å². The smallest absolute Gasteiger partial charge is 0.339 e. The Morgan fingerprint density at radius 3 is 2.51 bits per heavy atom. The van der Waals surface area contributed by atoms with Crippen molar-refractivity contribution in [3.05, 3.63) is 66.4 Å². The molecular weight excluding hydrogens is 448 g/mol. The lowest BCUT2D eigenvalue weighted by Crippen LogP contribution is -2.30. The number of nitrogens with zero attached hydrogens (tertiary/aromatic N) is 3. The number of hydrogen-bond donors (Lipinski definition) is 1. The highest BCUT2D eigenvalue weighted by molar-refractivity contribution is 6.05. The van der Waals surface area contributed by atoms with E-state index in [0.717, 1.165) is 5.56 Å². The number of benzene rings is 2. The number of esters is 1. The highest BCUT2D eigenvalue weighted by atomic mass is 16.5. The molecule has 1 atom stereocenters. The molecule has 4 rings (SSSR count). The molecule has 9 heteroatoms. The number of fused-ring (bicyclic) bond motifs is 1. The van der Waals surface area contributed by atoms with Crippen molar-refractivity contribution >= 4 is 28.6 Å². The van der Waals surface area contributed by atoms with Gasteiger partial charge in [-0.3, -0.25) is 4.79 Å². The molecule has 1 unspecified atom stereocenters. The van der Waals surface area contributed by atoms with Gasteiger partial charge in [0, 0.05) is 18.2 Å². The maximum atomic E-state index is 13.2. The van der Waals surface area contributed by atoms with E-state index in [0.29, 0.717) is 40.5 Å². The van der Waals surface area contributed by atoms with E-state index >= 15 is 0 Å². The summed E-state index contributed by atoms with van der Waals surface area (Å²) in [6.07, 6.45) is 0.506. The number of carbonyl (C=O) groups is 2. The fraction of sp³-hybridized carbons (Fsp3) is 0.231. The minimum absolute atomic E-state index is 0.284. The third-order valence-electron chi connectivity index (χ3n) is 5.52. The molecule has 9 nitrogen and oxygen atoms in total. The second-order valence-corrected chi connectivity index (χ2v) is 7.72. The first-order valence-electron chi connectivity index (χ1n) is 11.1. The van der Waals surface area contributed by atoms with Crippen molar-refractivity contribution in [2.45, 2.75) is 26.5 Å². The molecule has 2 aromatic heterocycles. The van der Waals surface area contributed by atoms with Gasteiger partial charge >= 0.3 is 5.97 Å². The van der Waals surface area contributed by atoms with Gasteiger partial charge in [-0.1, -0.05) is 30.3 Å². The predicted molar refractivity (Wildman–Crippen MR) is 132 cm³/mol. The van der Waals surface area contributed by atoms with Gasteiger partial charge in [0.1, 0.15) is 11.5 Å². The largest absolute Gasteiger partial charge is 0.497 e. The molecule has 2 heterocycles. The molecule has 0 aliphatic rings. The zero-order valence-corrected chi connectivity index (χ0v) is 19.9. The summed E-state index contributed by atoms with van der Waals surface area (Å²) < 4.78 is 17.8. The van der Waals surface area contributed by atoms with Gasteiger partial charge in [0.15, 0.2) is 11.8 Å². The van der Waals surface area contributed by atoms with Gasteiger partial charge < -0.3 is 19.5 Å². The number of methoxy groups -OCH3 is 2. The zero-order valence-electron chi connectivity index (χ0n) is 19.9. The highest BCUT2D eigenvalue weighted by Gasteiger charge is 2.24. The highest BCUT2D eigenvalue weighted by Crippen LogP contribution is 2.29. The average molecular weight is 475 g/mol. The molecule has 180 valence electrons. The lowest BCUT2D eigenvalue weighted by Gasteiger charge is -2.16. The van der Waals surface area contributed by atoms with Crippen LogP contribution in [0.2, 0.25) is 0 Å². The van der Waals surface area contributed by atoms with E-state index in [4.69, 9.17) is 19.2 Å². The first-order valence-corrected chi connectivity index (χ1v) is 11.1. The van der Waals surface area contributed by atoms with E-state index in [1.807, 2.05) is 37.3 Å². The third kappa shape index (κ3) is 4.93. The predicted octanol–water partition coefficient (Wildman–Crippen LogP) is 4.32. The Bertz CT molecular complexity index is 1370. The van der Waals surface area contributed by atoms with Gasteiger partial charge in [-0.15, -0.1) is 0 Å². The van der Waals surface area contributed by atoms with Crippen molar-refractivity contribution in [2.75, 3.05) is 19.5 Å². The Kier molecular flexibility index (Phi) is 6.96. The standard InChI is InChI=1S/C26H26N4O5/c1-5-30-24-20(15-27-30)19(14-21(28-24)17-9-7-6-8-10-17)26(32)35-16(2)25(31)29-22-13-18(33-3)11-12-23(22)34-4/h6-16H,5H2,1-4H3,(H,29,31). The van der Waals surface area contributed by atoms with Crippen LogP contribution in [0.5, 0.6) is 11.5 Å². The van der Waals surface area contributed by atoms with Crippen molar-refractivity contribution in [2.24, 2.45) is 0 Å². The number of aryl methyl sites for hydroxylation is 1. The zero-order chi connectivity index (χ0) is 24.9. The van der Waals surface area contributed by atoms with E-state index in [1.54, 1.807) is 35.1 Å². The lowest BCUT2D eigenvalue weighted by molar-refractivity contribution is -0.123. The van der Waals surface area contributed by atoms with Crippen molar-refractivity contribution in [3.63, 3.8) is 0 Å². The van der Waals surface area contributed by atoms with Crippen LogP contribution in [0.15, 0.2) is 60.8 Å². The van der Waals surface area contributed by atoms with E-state index in [-0.39, 0.29) is 5.56 Å². The number of rotatable bonds is 8. The Labute approximate surface area is 202 Å². The van der Waals surface area contributed by atoms with E-state index in [9.17, 15) is 9.59 Å². The van der Waals surface area contributed by atoms with Gasteiger partial charge in [-0.25, -0.2) is 14.5 Å².